The van der Waals surface area contributed by atoms with Gasteiger partial charge in [0.05, 0.1) is 23.0 Å². The molecule has 156 valence electrons. The Morgan fingerprint density at radius 1 is 1.07 bits per heavy atom. The number of hydrogen-bond acceptors (Lipinski definition) is 6. The summed E-state index contributed by atoms with van der Waals surface area (Å²) in [5.74, 6) is -0.169. The van der Waals surface area contributed by atoms with E-state index >= 15 is 0 Å². The molecule has 1 aromatic heterocycles. The van der Waals surface area contributed by atoms with E-state index in [1.807, 2.05) is 11.4 Å². The molecule has 0 spiro atoms. The molecular formula is C20H24N2O5S2. The van der Waals surface area contributed by atoms with Crippen LogP contribution >= 0.6 is 11.3 Å². The van der Waals surface area contributed by atoms with Gasteiger partial charge in [-0.1, -0.05) is 24.3 Å². The number of rotatable bonds is 9. The third kappa shape index (κ3) is 5.72. The highest BCUT2D eigenvalue weighted by Crippen LogP contribution is 2.21. The molecule has 7 nitrogen and oxygen atoms in total. The topological polar surface area (TPSA) is 92.8 Å². The number of carbonyl (C=O) groups is 2. The van der Waals surface area contributed by atoms with Crippen molar-refractivity contribution in [3.05, 3.63) is 52.2 Å². The zero-order chi connectivity index (χ0) is 20.7. The second-order valence-electron chi connectivity index (χ2n) is 6.65. The maximum absolute atomic E-state index is 12.9. The zero-order valence-electron chi connectivity index (χ0n) is 16.0. The van der Waals surface area contributed by atoms with Crippen LogP contribution in [0.15, 0.2) is 46.7 Å². The van der Waals surface area contributed by atoms with Crippen molar-refractivity contribution in [3.8, 4) is 0 Å². The molecule has 1 amide bonds. The molecule has 1 N–H and O–H groups in total. The SMILES string of the molecule is O=C(CCCC(=O)c1cccs1)NCc1ccccc1S(=O)(=O)N1CCOCC1. The van der Waals surface area contributed by atoms with E-state index in [4.69, 9.17) is 4.74 Å². The van der Waals surface area contributed by atoms with Crippen LogP contribution < -0.4 is 5.32 Å². The fourth-order valence-corrected chi connectivity index (χ4v) is 5.40. The lowest BCUT2D eigenvalue weighted by Crippen LogP contribution is -2.41. The van der Waals surface area contributed by atoms with Gasteiger partial charge in [-0.25, -0.2) is 8.42 Å². The van der Waals surface area contributed by atoms with Gasteiger partial charge in [-0.3, -0.25) is 9.59 Å². The van der Waals surface area contributed by atoms with Gasteiger partial charge in [0, 0.05) is 32.5 Å². The van der Waals surface area contributed by atoms with Crippen LogP contribution in [-0.4, -0.2) is 50.7 Å². The molecule has 1 aliphatic rings. The molecule has 3 rings (SSSR count). The summed E-state index contributed by atoms with van der Waals surface area (Å²) in [4.78, 5) is 25.0. The predicted molar refractivity (Wildman–Crippen MR) is 110 cm³/mol. The number of thiophene rings is 1. The number of sulfonamides is 1. The van der Waals surface area contributed by atoms with E-state index in [0.717, 1.165) is 0 Å². The average Bonchev–Trinajstić information content (AvgIpc) is 3.28. The van der Waals surface area contributed by atoms with Crippen molar-refractivity contribution >= 4 is 33.1 Å². The Morgan fingerprint density at radius 2 is 1.83 bits per heavy atom. The van der Waals surface area contributed by atoms with Gasteiger partial charge in [-0.05, 0) is 29.5 Å². The Balaban J connectivity index is 1.54. The second kappa shape index (κ2) is 10.1. The van der Waals surface area contributed by atoms with Crippen molar-refractivity contribution < 1.29 is 22.7 Å². The van der Waals surface area contributed by atoms with Crippen molar-refractivity contribution in [1.82, 2.24) is 9.62 Å². The molecule has 0 saturated carbocycles. The summed E-state index contributed by atoms with van der Waals surface area (Å²) in [6, 6.07) is 10.3. The number of morpholine rings is 1. The van der Waals surface area contributed by atoms with Crippen LogP contribution in [0.4, 0.5) is 0 Å². The van der Waals surface area contributed by atoms with Crippen LogP contribution in [0.5, 0.6) is 0 Å². The third-order valence-corrected chi connectivity index (χ3v) is 7.55. The van der Waals surface area contributed by atoms with Gasteiger partial charge in [-0.15, -0.1) is 11.3 Å². The minimum absolute atomic E-state index is 0.0368. The summed E-state index contributed by atoms with van der Waals surface area (Å²) >= 11 is 1.39. The summed E-state index contributed by atoms with van der Waals surface area (Å²) in [6.45, 7) is 1.52. The number of benzene rings is 1. The Kier molecular flexibility index (Phi) is 7.54. The molecule has 1 saturated heterocycles. The van der Waals surface area contributed by atoms with Gasteiger partial charge in [0.15, 0.2) is 5.78 Å². The lowest BCUT2D eigenvalue weighted by molar-refractivity contribution is -0.121. The predicted octanol–water partition coefficient (Wildman–Crippen LogP) is 2.44. The molecule has 9 heteroatoms. The first-order valence-corrected chi connectivity index (χ1v) is 11.8. The summed E-state index contributed by atoms with van der Waals surface area (Å²) in [5.41, 5.74) is 0.544. The molecular weight excluding hydrogens is 412 g/mol. The van der Waals surface area contributed by atoms with Crippen LogP contribution in [0.25, 0.3) is 0 Å². The number of nitrogens with one attached hydrogen (secondary N) is 1. The summed E-state index contributed by atoms with van der Waals surface area (Å²) in [6.07, 6.45) is 0.988. The summed E-state index contributed by atoms with van der Waals surface area (Å²) < 4.78 is 32.5. The third-order valence-electron chi connectivity index (χ3n) is 4.64. The fraction of sp³-hybridized carbons (Fsp3) is 0.400. The van der Waals surface area contributed by atoms with Crippen molar-refractivity contribution in [3.63, 3.8) is 0 Å². The van der Waals surface area contributed by atoms with Crippen LogP contribution in [-0.2, 0) is 26.1 Å². The number of Topliss-reactive ketones (excluding diaryl/α,β-unsaturated/α-hetero) is 1. The molecule has 0 unspecified atom stereocenters. The number of nitrogens with zero attached hydrogens (tertiary/aromatic N) is 1. The van der Waals surface area contributed by atoms with Crippen molar-refractivity contribution in [2.24, 2.45) is 0 Å². The Labute approximate surface area is 174 Å². The van der Waals surface area contributed by atoms with E-state index in [2.05, 4.69) is 5.32 Å². The fourth-order valence-electron chi connectivity index (χ4n) is 3.08. The molecule has 1 aliphatic heterocycles. The highest BCUT2D eigenvalue weighted by molar-refractivity contribution is 7.89. The van der Waals surface area contributed by atoms with E-state index < -0.39 is 10.0 Å². The highest BCUT2D eigenvalue weighted by Gasteiger charge is 2.28. The van der Waals surface area contributed by atoms with Gasteiger partial charge in [-0.2, -0.15) is 4.31 Å². The molecule has 2 heterocycles. The van der Waals surface area contributed by atoms with Crippen LogP contribution in [0.1, 0.15) is 34.5 Å². The molecule has 1 aromatic carbocycles. The normalized spacial score (nSPS) is 15.2. The smallest absolute Gasteiger partial charge is 0.243 e. The quantitative estimate of drug-likeness (QED) is 0.610. The minimum Gasteiger partial charge on any atom is -0.379 e. The lowest BCUT2D eigenvalue weighted by atomic mass is 10.1. The molecule has 2 aromatic rings. The van der Waals surface area contributed by atoms with Gasteiger partial charge >= 0.3 is 0 Å². The summed E-state index contributed by atoms with van der Waals surface area (Å²) in [7, 11) is -3.64. The Bertz CT molecular complexity index is 936. The molecule has 0 aliphatic carbocycles. The van der Waals surface area contributed by atoms with Gasteiger partial charge in [0.2, 0.25) is 15.9 Å². The largest absolute Gasteiger partial charge is 0.379 e. The van der Waals surface area contributed by atoms with Crippen molar-refractivity contribution in [2.75, 3.05) is 26.3 Å². The second-order valence-corrected chi connectivity index (χ2v) is 9.51. The molecule has 1 fully saturated rings. The number of carbonyl (C=O) groups excluding carboxylic acids is 2. The van der Waals surface area contributed by atoms with Crippen LogP contribution in [0, 0.1) is 0 Å². The number of ether oxygens (including phenoxy) is 1. The first kappa shape index (κ1) is 21.6. The zero-order valence-corrected chi connectivity index (χ0v) is 17.6. The van der Waals surface area contributed by atoms with E-state index in [1.165, 1.54) is 15.6 Å². The highest BCUT2D eigenvalue weighted by atomic mass is 32.2. The Hall–Kier alpha value is -2.07. The molecule has 29 heavy (non-hydrogen) atoms. The standard InChI is InChI=1S/C20H24N2O5S2/c23-17(18-7-4-14-28-18)6-3-9-20(24)21-15-16-5-1-2-8-19(16)29(25,26)22-10-12-27-13-11-22/h1-2,4-5,7-8,14H,3,6,9-13,15H2,(H,21,24). The van der Waals surface area contributed by atoms with Gasteiger partial charge < -0.3 is 10.1 Å². The minimum atomic E-state index is -3.64. The monoisotopic (exact) mass is 436 g/mol. The van der Waals surface area contributed by atoms with E-state index in [0.29, 0.717) is 49.6 Å². The Morgan fingerprint density at radius 3 is 2.55 bits per heavy atom. The number of amides is 1. The van der Waals surface area contributed by atoms with E-state index in [9.17, 15) is 18.0 Å². The van der Waals surface area contributed by atoms with Crippen LogP contribution in [0.2, 0.25) is 0 Å². The maximum atomic E-state index is 12.9. The van der Waals surface area contributed by atoms with E-state index in [1.54, 1.807) is 30.3 Å². The maximum Gasteiger partial charge on any atom is 0.243 e. The number of ketones is 1. The van der Waals surface area contributed by atoms with Gasteiger partial charge in [0.1, 0.15) is 0 Å². The van der Waals surface area contributed by atoms with Gasteiger partial charge in [0.25, 0.3) is 0 Å². The van der Waals surface area contributed by atoms with Crippen molar-refractivity contribution in [2.45, 2.75) is 30.7 Å². The van der Waals surface area contributed by atoms with E-state index in [-0.39, 0.29) is 29.6 Å². The summed E-state index contributed by atoms with van der Waals surface area (Å²) in [5, 5.41) is 4.62. The lowest BCUT2D eigenvalue weighted by Gasteiger charge is -2.27. The first-order chi connectivity index (χ1) is 14.0. The molecule has 0 radical (unpaired) electrons. The molecule has 0 bridgehead atoms. The average molecular weight is 437 g/mol. The number of hydrogen-bond donors (Lipinski definition) is 1. The first-order valence-electron chi connectivity index (χ1n) is 9.47. The molecule has 0 atom stereocenters. The van der Waals surface area contributed by atoms with Crippen molar-refractivity contribution in [1.29, 1.82) is 0 Å². The van der Waals surface area contributed by atoms with Crippen LogP contribution in [0.3, 0.4) is 0 Å².